The van der Waals surface area contributed by atoms with Crippen LogP contribution in [0.3, 0.4) is 0 Å². The molecule has 0 aliphatic carbocycles. The maximum absolute atomic E-state index is 12.5. The van der Waals surface area contributed by atoms with E-state index < -0.39 is 5.41 Å². The number of amides is 2. The molecule has 3 aliphatic rings. The normalized spacial score (nSPS) is 23.6. The number of rotatable bonds is 1. The topological polar surface area (TPSA) is 58.6 Å². The lowest BCUT2D eigenvalue weighted by molar-refractivity contribution is -0.152. The van der Waals surface area contributed by atoms with Crippen molar-refractivity contribution in [2.45, 2.75) is 18.3 Å². The predicted octanol–water partition coefficient (Wildman–Crippen LogP) is 1.15. The number of fused-ring (bicyclic) bond motifs is 2. The zero-order valence-corrected chi connectivity index (χ0v) is 11.8. The number of ether oxygens (including phenoxy) is 1. The molecule has 0 aromatic heterocycles. The Balaban J connectivity index is 1.54. The largest absolute Gasteiger partial charge is 0.380 e. The summed E-state index contributed by atoms with van der Waals surface area (Å²) < 4.78 is 5.09. The molecule has 5 heteroatoms. The lowest BCUT2D eigenvalue weighted by Crippen LogP contribution is -2.52. The molecule has 3 heterocycles. The van der Waals surface area contributed by atoms with Gasteiger partial charge >= 0.3 is 0 Å². The molecule has 5 nitrogen and oxygen atoms in total. The highest BCUT2D eigenvalue weighted by atomic mass is 16.5. The first-order chi connectivity index (χ1) is 10.2. The van der Waals surface area contributed by atoms with Crippen molar-refractivity contribution in [3.8, 4) is 0 Å². The molecule has 0 bridgehead atoms. The lowest BCUT2D eigenvalue weighted by Gasteiger charge is -2.40. The number of anilines is 1. The summed E-state index contributed by atoms with van der Waals surface area (Å²) in [5, 5.41) is 2.98. The van der Waals surface area contributed by atoms with Crippen molar-refractivity contribution in [2.24, 2.45) is 5.92 Å². The number of likely N-dealkylation sites (tertiary alicyclic amines) is 1. The molecule has 1 N–H and O–H groups in total. The van der Waals surface area contributed by atoms with Crippen LogP contribution in [0.1, 0.15) is 18.4 Å². The molecule has 0 unspecified atom stereocenters. The summed E-state index contributed by atoms with van der Waals surface area (Å²) in [6.45, 7) is 2.39. The van der Waals surface area contributed by atoms with Crippen LogP contribution in [0, 0.1) is 5.92 Å². The van der Waals surface area contributed by atoms with Gasteiger partial charge < -0.3 is 15.0 Å². The van der Waals surface area contributed by atoms with Gasteiger partial charge in [-0.15, -0.1) is 0 Å². The molecule has 0 radical (unpaired) electrons. The van der Waals surface area contributed by atoms with Crippen LogP contribution >= 0.6 is 0 Å². The number of para-hydroxylation sites is 1. The van der Waals surface area contributed by atoms with Gasteiger partial charge in [0.1, 0.15) is 0 Å². The Bertz CT molecular complexity index is 601. The van der Waals surface area contributed by atoms with Gasteiger partial charge in [0.25, 0.3) is 0 Å². The Morgan fingerprint density at radius 1 is 1.24 bits per heavy atom. The number of hydrogen-bond donors (Lipinski definition) is 1. The first kappa shape index (κ1) is 12.8. The number of piperidine rings is 1. The minimum atomic E-state index is -0.441. The van der Waals surface area contributed by atoms with E-state index in [1.54, 1.807) is 0 Å². The molecule has 110 valence electrons. The van der Waals surface area contributed by atoms with Crippen LogP contribution in [-0.4, -0.2) is 43.0 Å². The van der Waals surface area contributed by atoms with Crippen LogP contribution in [-0.2, 0) is 19.7 Å². The second kappa shape index (κ2) is 4.56. The van der Waals surface area contributed by atoms with E-state index in [0.717, 1.165) is 11.3 Å². The molecule has 1 aromatic carbocycles. The number of nitrogens with zero attached hydrogens (tertiary/aromatic N) is 1. The van der Waals surface area contributed by atoms with Gasteiger partial charge in [-0.1, -0.05) is 18.2 Å². The summed E-state index contributed by atoms with van der Waals surface area (Å²) in [4.78, 5) is 26.6. The standard InChI is InChI=1S/C16H18N2O3/c19-14(11-9-21-10-11)18-7-5-16(6-8-18)12-3-1-2-4-13(12)17-15(16)20/h1-4,11H,5-10H2,(H,17,20). The van der Waals surface area contributed by atoms with E-state index in [2.05, 4.69) is 5.32 Å². The fraction of sp³-hybridized carbons (Fsp3) is 0.500. The smallest absolute Gasteiger partial charge is 0.235 e. The van der Waals surface area contributed by atoms with Gasteiger partial charge in [-0.2, -0.15) is 0 Å². The third-order valence-electron chi connectivity index (χ3n) is 5.04. The SMILES string of the molecule is O=C(C1COC1)N1CCC2(CC1)C(=O)Nc1ccccc12. The molecule has 2 fully saturated rings. The number of carbonyl (C=O) groups is 2. The third kappa shape index (κ3) is 1.80. The van der Waals surface area contributed by atoms with Crippen LogP contribution in [0.2, 0.25) is 0 Å². The Labute approximate surface area is 123 Å². The highest BCUT2D eigenvalue weighted by molar-refractivity contribution is 6.06. The maximum atomic E-state index is 12.5. The molecule has 2 saturated heterocycles. The summed E-state index contributed by atoms with van der Waals surface area (Å²) in [6, 6.07) is 7.90. The van der Waals surface area contributed by atoms with Crippen molar-refractivity contribution in [1.29, 1.82) is 0 Å². The Kier molecular flexibility index (Phi) is 2.79. The van der Waals surface area contributed by atoms with Gasteiger partial charge in [-0.05, 0) is 24.5 Å². The van der Waals surface area contributed by atoms with E-state index in [9.17, 15) is 9.59 Å². The molecule has 2 amide bonds. The molecule has 3 aliphatic heterocycles. The van der Waals surface area contributed by atoms with Crippen molar-refractivity contribution in [1.82, 2.24) is 4.90 Å². The number of nitrogens with one attached hydrogen (secondary N) is 1. The minimum Gasteiger partial charge on any atom is -0.380 e. The monoisotopic (exact) mass is 286 g/mol. The van der Waals surface area contributed by atoms with Crippen molar-refractivity contribution in [2.75, 3.05) is 31.6 Å². The van der Waals surface area contributed by atoms with E-state index in [-0.39, 0.29) is 17.7 Å². The summed E-state index contributed by atoms with van der Waals surface area (Å²) in [5.41, 5.74) is 1.58. The Morgan fingerprint density at radius 3 is 2.62 bits per heavy atom. The van der Waals surface area contributed by atoms with Crippen LogP contribution in [0.4, 0.5) is 5.69 Å². The average Bonchev–Trinajstić information content (AvgIpc) is 2.71. The first-order valence-corrected chi connectivity index (χ1v) is 7.48. The number of benzene rings is 1. The van der Waals surface area contributed by atoms with Crippen LogP contribution < -0.4 is 5.32 Å². The summed E-state index contributed by atoms with van der Waals surface area (Å²) in [6.07, 6.45) is 1.41. The van der Waals surface area contributed by atoms with Crippen molar-refractivity contribution in [3.63, 3.8) is 0 Å². The molecule has 4 rings (SSSR count). The molecule has 21 heavy (non-hydrogen) atoms. The summed E-state index contributed by atoms with van der Waals surface area (Å²) >= 11 is 0. The maximum Gasteiger partial charge on any atom is 0.235 e. The zero-order chi connectivity index (χ0) is 14.4. The van der Waals surface area contributed by atoms with Gasteiger partial charge in [-0.25, -0.2) is 0 Å². The van der Waals surface area contributed by atoms with Crippen LogP contribution in [0.15, 0.2) is 24.3 Å². The van der Waals surface area contributed by atoms with E-state index in [1.165, 1.54) is 0 Å². The first-order valence-electron chi connectivity index (χ1n) is 7.48. The highest BCUT2D eigenvalue weighted by Crippen LogP contribution is 2.44. The van der Waals surface area contributed by atoms with Crippen molar-refractivity contribution in [3.05, 3.63) is 29.8 Å². The van der Waals surface area contributed by atoms with Gasteiger partial charge in [0, 0.05) is 18.8 Å². The lowest BCUT2D eigenvalue weighted by atomic mass is 9.73. The van der Waals surface area contributed by atoms with Crippen LogP contribution in [0.5, 0.6) is 0 Å². The quantitative estimate of drug-likeness (QED) is 0.842. The zero-order valence-electron chi connectivity index (χ0n) is 11.8. The predicted molar refractivity (Wildman–Crippen MR) is 76.9 cm³/mol. The van der Waals surface area contributed by atoms with Crippen LogP contribution in [0.25, 0.3) is 0 Å². The van der Waals surface area contributed by atoms with Gasteiger partial charge in [0.15, 0.2) is 0 Å². The third-order valence-corrected chi connectivity index (χ3v) is 5.04. The number of carbonyl (C=O) groups excluding carboxylic acids is 2. The highest BCUT2D eigenvalue weighted by Gasteiger charge is 2.49. The fourth-order valence-corrected chi connectivity index (χ4v) is 3.62. The molecule has 0 atom stereocenters. The second-order valence-electron chi connectivity index (χ2n) is 6.14. The molecule has 1 spiro atoms. The van der Waals surface area contributed by atoms with Gasteiger partial charge in [0.2, 0.25) is 11.8 Å². The average molecular weight is 286 g/mol. The van der Waals surface area contributed by atoms with E-state index in [1.807, 2.05) is 29.2 Å². The molecule has 1 aromatic rings. The molecule has 0 saturated carbocycles. The van der Waals surface area contributed by atoms with E-state index in [0.29, 0.717) is 39.1 Å². The molecular weight excluding hydrogens is 268 g/mol. The van der Waals surface area contributed by atoms with Crippen molar-refractivity contribution < 1.29 is 14.3 Å². The van der Waals surface area contributed by atoms with Gasteiger partial charge in [0.05, 0.1) is 24.5 Å². The summed E-state index contributed by atoms with van der Waals surface area (Å²) in [5.74, 6) is 0.300. The van der Waals surface area contributed by atoms with E-state index >= 15 is 0 Å². The van der Waals surface area contributed by atoms with Gasteiger partial charge in [-0.3, -0.25) is 9.59 Å². The van der Waals surface area contributed by atoms with Crippen molar-refractivity contribution >= 4 is 17.5 Å². The number of hydrogen-bond acceptors (Lipinski definition) is 3. The van der Waals surface area contributed by atoms with E-state index in [4.69, 9.17) is 4.74 Å². The Morgan fingerprint density at radius 2 is 1.95 bits per heavy atom. The summed E-state index contributed by atoms with van der Waals surface area (Å²) in [7, 11) is 0. The molecular formula is C16H18N2O3. The fourth-order valence-electron chi connectivity index (χ4n) is 3.62. The second-order valence-corrected chi connectivity index (χ2v) is 6.14. The Hall–Kier alpha value is -1.88. The minimum absolute atomic E-state index is 0.0312.